The molecule has 0 spiro atoms. The summed E-state index contributed by atoms with van der Waals surface area (Å²) in [5.74, 6) is 1.86. The van der Waals surface area contributed by atoms with Gasteiger partial charge in [0.25, 0.3) is 5.91 Å². The summed E-state index contributed by atoms with van der Waals surface area (Å²) in [5.41, 5.74) is 0. The number of fused-ring (bicyclic) bond motifs is 2. The minimum Gasteiger partial charge on any atom is -0.344 e. The monoisotopic (exact) mass is 326 g/mol. The van der Waals surface area contributed by atoms with Gasteiger partial charge >= 0.3 is 0 Å². The number of aromatic nitrogens is 3. The van der Waals surface area contributed by atoms with Crippen LogP contribution in [0.1, 0.15) is 40.6 Å². The van der Waals surface area contributed by atoms with Gasteiger partial charge in [-0.15, -0.1) is 21.5 Å². The molecule has 0 fully saturated rings. The van der Waals surface area contributed by atoms with Gasteiger partial charge in [-0.3, -0.25) is 4.79 Å². The SMILES string of the molecule is O=C(NCc1nnc2n1CCCCC2)c1cc2ccccc2s1. The number of benzene rings is 1. The third-order valence-electron chi connectivity index (χ3n) is 4.24. The van der Waals surface area contributed by atoms with Gasteiger partial charge in [-0.1, -0.05) is 24.6 Å². The van der Waals surface area contributed by atoms with E-state index in [1.54, 1.807) is 0 Å². The second-order valence-electron chi connectivity index (χ2n) is 5.83. The molecule has 3 heterocycles. The Kier molecular flexibility index (Phi) is 3.83. The zero-order valence-corrected chi connectivity index (χ0v) is 13.6. The van der Waals surface area contributed by atoms with Gasteiger partial charge in [-0.25, -0.2) is 0 Å². The molecule has 23 heavy (non-hydrogen) atoms. The van der Waals surface area contributed by atoms with E-state index in [4.69, 9.17) is 0 Å². The lowest BCUT2D eigenvalue weighted by atomic mass is 10.2. The number of hydrogen-bond acceptors (Lipinski definition) is 4. The fourth-order valence-electron chi connectivity index (χ4n) is 3.02. The predicted octanol–water partition coefficient (Wildman–Crippen LogP) is 3.15. The summed E-state index contributed by atoms with van der Waals surface area (Å²) in [5, 5.41) is 12.6. The zero-order chi connectivity index (χ0) is 15.6. The zero-order valence-electron chi connectivity index (χ0n) is 12.8. The highest BCUT2D eigenvalue weighted by molar-refractivity contribution is 7.20. The molecule has 6 heteroatoms. The Hall–Kier alpha value is -2.21. The number of carbonyl (C=O) groups excluding carboxylic acids is 1. The van der Waals surface area contributed by atoms with E-state index in [2.05, 4.69) is 20.1 Å². The van der Waals surface area contributed by atoms with Crippen LogP contribution in [0.15, 0.2) is 30.3 Å². The molecule has 1 amide bonds. The molecule has 0 bridgehead atoms. The number of carbonyl (C=O) groups is 1. The van der Waals surface area contributed by atoms with Gasteiger partial charge in [0.15, 0.2) is 5.82 Å². The van der Waals surface area contributed by atoms with Crippen molar-refractivity contribution in [1.29, 1.82) is 0 Å². The third-order valence-corrected chi connectivity index (χ3v) is 5.36. The molecule has 2 aromatic heterocycles. The van der Waals surface area contributed by atoms with Crippen LogP contribution in [0.5, 0.6) is 0 Å². The average molecular weight is 326 g/mol. The maximum Gasteiger partial charge on any atom is 0.261 e. The van der Waals surface area contributed by atoms with E-state index in [9.17, 15) is 4.79 Å². The second-order valence-corrected chi connectivity index (χ2v) is 6.91. The fourth-order valence-corrected chi connectivity index (χ4v) is 4.00. The van der Waals surface area contributed by atoms with Crippen molar-refractivity contribution in [2.75, 3.05) is 0 Å². The van der Waals surface area contributed by atoms with Crippen LogP contribution in [-0.2, 0) is 19.5 Å². The number of hydrogen-bond donors (Lipinski definition) is 1. The van der Waals surface area contributed by atoms with Crippen molar-refractivity contribution in [2.45, 2.75) is 38.8 Å². The standard InChI is InChI=1S/C17H18N4OS/c22-17(14-10-12-6-3-4-7-13(12)23-14)18-11-16-20-19-15-8-2-1-5-9-21(15)16/h3-4,6-7,10H,1-2,5,8-9,11H2,(H,18,22). The summed E-state index contributed by atoms with van der Waals surface area (Å²) in [7, 11) is 0. The summed E-state index contributed by atoms with van der Waals surface area (Å²) < 4.78 is 3.30. The van der Waals surface area contributed by atoms with Crippen molar-refractivity contribution in [3.05, 3.63) is 46.9 Å². The molecule has 1 aliphatic rings. The highest BCUT2D eigenvalue weighted by Gasteiger charge is 2.16. The second kappa shape index (κ2) is 6.12. The van der Waals surface area contributed by atoms with E-state index in [1.165, 1.54) is 24.2 Å². The Balaban J connectivity index is 1.48. The maximum absolute atomic E-state index is 12.4. The van der Waals surface area contributed by atoms with Gasteiger partial charge in [0.2, 0.25) is 0 Å². The van der Waals surface area contributed by atoms with Crippen LogP contribution in [-0.4, -0.2) is 20.7 Å². The molecule has 1 aliphatic heterocycles. The molecular weight excluding hydrogens is 308 g/mol. The van der Waals surface area contributed by atoms with Gasteiger partial charge < -0.3 is 9.88 Å². The number of aryl methyl sites for hydroxylation is 1. The van der Waals surface area contributed by atoms with Crippen molar-refractivity contribution in [1.82, 2.24) is 20.1 Å². The summed E-state index contributed by atoms with van der Waals surface area (Å²) in [6.45, 7) is 1.39. The number of amides is 1. The van der Waals surface area contributed by atoms with Crippen LogP contribution in [0.4, 0.5) is 0 Å². The van der Waals surface area contributed by atoms with Crippen molar-refractivity contribution < 1.29 is 4.79 Å². The number of rotatable bonds is 3. The first-order valence-corrected chi connectivity index (χ1v) is 8.80. The summed E-state index contributed by atoms with van der Waals surface area (Å²) in [6.07, 6.45) is 4.54. The maximum atomic E-state index is 12.4. The number of thiophene rings is 1. The molecule has 0 unspecified atom stereocenters. The molecule has 4 rings (SSSR count). The number of nitrogens with zero attached hydrogens (tertiary/aromatic N) is 3. The lowest BCUT2D eigenvalue weighted by Crippen LogP contribution is -2.24. The van der Waals surface area contributed by atoms with Crippen LogP contribution in [0.3, 0.4) is 0 Å². The van der Waals surface area contributed by atoms with E-state index < -0.39 is 0 Å². The van der Waals surface area contributed by atoms with E-state index in [-0.39, 0.29) is 5.91 Å². The van der Waals surface area contributed by atoms with Gasteiger partial charge in [-0.2, -0.15) is 0 Å². The molecular formula is C17H18N4OS. The molecule has 3 aromatic rings. The minimum absolute atomic E-state index is 0.0443. The molecule has 0 atom stereocenters. The van der Waals surface area contributed by atoms with Gasteiger partial charge in [-0.05, 0) is 30.4 Å². The van der Waals surface area contributed by atoms with Crippen molar-refractivity contribution >= 4 is 27.3 Å². The van der Waals surface area contributed by atoms with E-state index in [1.807, 2.05) is 30.3 Å². The molecule has 1 aromatic carbocycles. The molecule has 0 saturated carbocycles. The van der Waals surface area contributed by atoms with Gasteiger partial charge in [0.05, 0.1) is 11.4 Å². The Morgan fingerprint density at radius 3 is 3.04 bits per heavy atom. The van der Waals surface area contributed by atoms with Gasteiger partial charge in [0.1, 0.15) is 5.82 Å². The van der Waals surface area contributed by atoms with E-state index in [0.29, 0.717) is 6.54 Å². The molecule has 0 radical (unpaired) electrons. The Labute approximate surface area is 138 Å². The molecule has 118 valence electrons. The van der Waals surface area contributed by atoms with Crippen LogP contribution in [0, 0.1) is 0 Å². The van der Waals surface area contributed by atoms with Crippen LogP contribution >= 0.6 is 11.3 Å². The first kappa shape index (κ1) is 14.4. The van der Waals surface area contributed by atoms with Crippen LogP contribution in [0.25, 0.3) is 10.1 Å². The van der Waals surface area contributed by atoms with Crippen molar-refractivity contribution in [3.8, 4) is 0 Å². The highest BCUT2D eigenvalue weighted by atomic mass is 32.1. The summed E-state index contributed by atoms with van der Waals surface area (Å²) >= 11 is 1.52. The van der Waals surface area contributed by atoms with Crippen molar-refractivity contribution in [3.63, 3.8) is 0 Å². The molecule has 0 aliphatic carbocycles. The predicted molar refractivity (Wildman–Crippen MR) is 90.6 cm³/mol. The summed E-state index contributed by atoms with van der Waals surface area (Å²) in [4.78, 5) is 13.1. The third kappa shape index (κ3) is 2.86. The lowest BCUT2D eigenvalue weighted by molar-refractivity contribution is 0.0953. The van der Waals surface area contributed by atoms with Crippen molar-refractivity contribution in [2.24, 2.45) is 0 Å². The van der Waals surface area contributed by atoms with Gasteiger partial charge in [0, 0.05) is 17.7 Å². The molecule has 0 saturated heterocycles. The lowest BCUT2D eigenvalue weighted by Gasteiger charge is -2.07. The minimum atomic E-state index is -0.0443. The topological polar surface area (TPSA) is 59.8 Å². The Bertz CT molecular complexity index is 818. The average Bonchev–Trinajstić information content (AvgIpc) is 3.10. The number of nitrogens with one attached hydrogen (secondary N) is 1. The quantitative estimate of drug-likeness (QED) is 0.804. The first-order chi connectivity index (χ1) is 11.3. The van der Waals surface area contributed by atoms with E-state index >= 15 is 0 Å². The Morgan fingerprint density at radius 2 is 2.13 bits per heavy atom. The smallest absolute Gasteiger partial charge is 0.261 e. The first-order valence-electron chi connectivity index (χ1n) is 7.99. The normalized spacial score (nSPS) is 14.4. The van der Waals surface area contributed by atoms with E-state index in [0.717, 1.165) is 46.0 Å². The summed E-state index contributed by atoms with van der Waals surface area (Å²) in [6, 6.07) is 9.99. The largest absolute Gasteiger partial charge is 0.344 e. The fraction of sp³-hybridized carbons (Fsp3) is 0.353. The Morgan fingerprint density at radius 1 is 1.22 bits per heavy atom. The van der Waals surface area contributed by atoms with Crippen LogP contribution < -0.4 is 5.32 Å². The van der Waals surface area contributed by atoms with Crippen LogP contribution in [0.2, 0.25) is 0 Å². The molecule has 5 nitrogen and oxygen atoms in total. The molecule has 1 N–H and O–H groups in total. The highest BCUT2D eigenvalue weighted by Crippen LogP contribution is 2.25.